The molecule has 5 nitrogen and oxygen atoms in total. The zero-order chi connectivity index (χ0) is 19.1. The second kappa shape index (κ2) is 9.22. The minimum atomic E-state index is 0.420. The summed E-state index contributed by atoms with van der Waals surface area (Å²) in [6.07, 6.45) is 0. The molecule has 0 N–H and O–H groups in total. The summed E-state index contributed by atoms with van der Waals surface area (Å²) in [6.45, 7) is 6.22. The Bertz CT molecular complexity index is 909. The van der Waals surface area contributed by atoms with Crippen LogP contribution in [0.3, 0.4) is 0 Å². The van der Waals surface area contributed by atoms with Gasteiger partial charge in [0.2, 0.25) is 0 Å². The third-order valence-corrected chi connectivity index (χ3v) is 4.02. The summed E-state index contributed by atoms with van der Waals surface area (Å²) in [7, 11) is 1.65. The van der Waals surface area contributed by atoms with Crippen LogP contribution >= 0.6 is 0 Å². The van der Waals surface area contributed by atoms with Crippen LogP contribution < -0.4 is 4.74 Å². The van der Waals surface area contributed by atoms with E-state index in [0.29, 0.717) is 32.3 Å². The highest BCUT2D eigenvalue weighted by atomic mass is 16.5. The van der Waals surface area contributed by atoms with Gasteiger partial charge in [0.15, 0.2) is 5.58 Å². The molecule has 27 heavy (non-hydrogen) atoms. The molecule has 3 aromatic rings. The van der Waals surface area contributed by atoms with Gasteiger partial charge in [-0.1, -0.05) is 18.1 Å². The van der Waals surface area contributed by atoms with E-state index >= 15 is 0 Å². The first kappa shape index (κ1) is 19.0. The number of methoxy groups -OCH3 is 1. The number of hydrogen-bond acceptors (Lipinski definition) is 5. The minimum Gasteiger partial charge on any atom is -0.491 e. The summed E-state index contributed by atoms with van der Waals surface area (Å²) in [4.78, 5) is 4.39. The van der Waals surface area contributed by atoms with Crippen molar-refractivity contribution in [3.63, 3.8) is 0 Å². The zero-order valence-corrected chi connectivity index (χ0v) is 15.9. The van der Waals surface area contributed by atoms with Crippen molar-refractivity contribution in [1.82, 2.24) is 4.98 Å². The molecule has 0 aliphatic carbocycles. The van der Waals surface area contributed by atoms with Crippen molar-refractivity contribution in [3.8, 4) is 17.6 Å². The summed E-state index contributed by atoms with van der Waals surface area (Å²) < 4.78 is 21.8. The Labute approximate surface area is 159 Å². The molecule has 0 unspecified atom stereocenters. The number of fused-ring (bicyclic) bond motifs is 1. The Balaban J connectivity index is 1.66. The van der Waals surface area contributed by atoms with E-state index in [1.54, 1.807) is 7.11 Å². The van der Waals surface area contributed by atoms with E-state index in [4.69, 9.17) is 18.6 Å². The summed E-state index contributed by atoms with van der Waals surface area (Å²) in [5.41, 5.74) is 4.61. The van der Waals surface area contributed by atoms with Crippen molar-refractivity contribution < 1.29 is 18.6 Å². The molecule has 3 rings (SSSR count). The van der Waals surface area contributed by atoms with E-state index in [1.807, 2.05) is 50.2 Å². The largest absolute Gasteiger partial charge is 0.491 e. The molecule has 0 atom stereocenters. The number of benzene rings is 2. The maximum Gasteiger partial charge on any atom is 0.274 e. The van der Waals surface area contributed by atoms with Crippen LogP contribution in [0, 0.1) is 25.7 Å². The molecule has 0 saturated carbocycles. The number of aromatic nitrogens is 1. The number of aryl methyl sites for hydroxylation is 2. The van der Waals surface area contributed by atoms with Gasteiger partial charge in [0.05, 0.1) is 19.8 Å². The number of para-hydroxylation sites is 2. The lowest BCUT2D eigenvalue weighted by atomic mass is 10.0. The van der Waals surface area contributed by atoms with Gasteiger partial charge in [-0.05, 0) is 55.2 Å². The molecule has 2 aromatic carbocycles. The highest BCUT2D eigenvalue weighted by Gasteiger charge is 2.06. The fourth-order valence-electron chi connectivity index (χ4n) is 2.71. The van der Waals surface area contributed by atoms with Crippen LogP contribution in [0.4, 0.5) is 0 Å². The van der Waals surface area contributed by atoms with Crippen molar-refractivity contribution in [1.29, 1.82) is 0 Å². The van der Waals surface area contributed by atoms with Gasteiger partial charge in [-0.15, -0.1) is 0 Å². The zero-order valence-electron chi connectivity index (χ0n) is 15.9. The quantitative estimate of drug-likeness (QED) is 0.470. The molecular weight excluding hydrogens is 342 g/mol. The number of ether oxygens (including phenoxy) is 3. The predicted molar refractivity (Wildman–Crippen MR) is 104 cm³/mol. The van der Waals surface area contributed by atoms with Gasteiger partial charge in [-0.2, -0.15) is 0 Å². The molecule has 0 radical (unpaired) electrons. The van der Waals surface area contributed by atoms with Crippen LogP contribution in [0.15, 0.2) is 40.8 Å². The Morgan fingerprint density at radius 2 is 1.70 bits per heavy atom. The second-order valence-electron chi connectivity index (χ2n) is 6.12. The minimum absolute atomic E-state index is 0.420. The van der Waals surface area contributed by atoms with Crippen LogP contribution in [0.1, 0.15) is 22.6 Å². The molecule has 0 fully saturated rings. The van der Waals surface area contributed by atoms with Gasteiger partial charge in [0, 0.05) is 12.7 Å². The lowest BCUT2D eigenvalue weighted by Crippen LogP contribution is -2.10. The summed E-state index contributed by atoms with van der Waals surface area (Å²) >= 11 is 0. The molecule has 0 spiro atoms. The molecule has 1 aromatic heterocycles. The van der Waals surface area contributed by atoms with Crippen molar-refractivity contribution in [3.05, 3.63) is 59.0 Å². The molecular formula is C22H23NO4. The number of nitrogens with zero attached hydrogens (tertiary/aromatic N) is 1. The molecule has 0 amide bonds. The van der Waals surface area contributed by atoms with Crippen molar-refractivity contribution in [2.24, 2.45) is 0 Å². The van der Waals surface area contributed by atoms with Crippen LogP contribution in [0.5, 0.6) is 5.75 Å². The Kier molecular flexibility index (Phi) is 6.48. The van der Waals surface area contributed by atoms with Crippen molar-refractivity contribution in [2.45, 2.75) is 13.8 Å². The molecule has 5 heteroatoms. The third-order valence-electron chi connectivity index (χ3n) is 4.02. The summed E-state index contributed by atoms with van der Waals surface area (Å²) in [5.74, 6) is 7.43. The molecule has 0 bridgehead atoms. The lowest BCUT2D eigenvalue weighted by molar-refractivity contribution is 0.0544. The smallest absolute Gasteiger partial charge is 0.274 e. The SMILES string of the molecule is COCCOCCOc1cc(C)c(C#Cc2nc3ccccc3o2)c(C)c1. The molecule has 0 saturated heterocycles. The summed E-state index contributed by atoms with van der Waals surface area (Å²) in [5, 5.41) is 0. The maximum atomic E-state index is 5.76. The topological polar surface area (TPSA) is 53.7 Å². The van der Waals surface area contributed by atoms with E-state index in [2.05, 4.69) is 16.8 Å². The number of oxazole rings is 1. The van der Waals surface area contributed by atoms with E-state index in [9.17, 15) is 0 Å². The first-order chi connectivity index (χ1) is 13.2. The van der Waals surface area contributed by atoms with Crippen molar-refractivity contribution >= 4 is 11.1 Å². The molecule has 1 heterocycles. The van der Waals surface area contributed by atoms with Gasteiger partial charge in [-0.25, -0.2) is 4.98 Å². The second-order valence-corrected chi connectivity index (χ2v) is 6.12. The first-order valence-electron chi connectivity index (χ1n) is 8.85. The molecule has 0 aliphatic heterocycles. The standard InChI is InChI=1S/C22H23NO4/c1-16-14-18(26-13-12-25-11-10-24-3)15-17(2)19(16)8-9-22-23-20-6-4-5-7-21(20)27-22/h4-7,14-15H,10-13H2,1-3H3. The lowest BCUT2D eigenvalue weighted by Gasteiger charge is -2.10. The van der Waals surface area contributed by atoms with Gasteiger partial charge in [-0.3, -0.25) is 0 Å². The van der Waals surface area contributed by atoms with E-state index in [-0.39, 0.29) is 0 Å². The number of hydrogen-bond donors (Lipinski definition) is 0. The fourth-order valence-corrected chi connectivity index (χ4v) is 2.71. The Morgan fingerprint density at radius 1 is 0.963 bits per heavy atom. The average molecular weight is 365 g/mol. The van der Waals surface area contributed by atoms with Crippen molar-refractivity contribution in [2.75, 3.05) is 33.5 Å². The highest BCUT2D eigenvalue weighted by molar-refractivity contribution is 5.72. The van der Waals surface area contributed by atoms with Crippen LogP contribution in [-0.2, 0) is 9.47 Å². The molecule has 140 valence electrons. The van der Waals surface area contributed by atoms with Crippen LogP contribution in [-0.4, -0.2) is 38.5 Å². The normalized spacial score (nSPS) is 10.6. The highest BCUT2D eigenvalue weighted by Crippen LogP contribution is 2.21. The molecule has 0 aliphatic rings. The maximum absolute atomic E-state index is 5.76. The van der Waals surface area contributed by atoms with E-state index in [1.165, 1.54) is 0 Å². The fraction of sp³-hybridized carbons (Fsp3) is 0.318. The van der Waals surface area contributed by atoms with E-state index < -0.39 is 0 Å². The predicted octanol–water partition coefficient (Wildman–Crippen LogP) is 3.89. The monoisotopic (exact) mass is 365 g/mol. The van der Waals surface area contributed by atoms with Crippen LogP contribution in [0.2, 0.25) is 0 Å². The Morgan fingerprint density at radius 3 is 2.44 bits per heavy atom. The average Bonchev–Trinajstić information content (AvgIpc) is 3.07. The van der Waals surface area contributed by atoms with Crippen LogP contribution in [0.25, 0.3) is 11.1 Å². The van der Waals surface area contributed by atoms with Gasteiger partial charge in [0.25, 0.3) is 5.89 Å². The first-order valence-corrected chi connectivity index (χ1v) is 8.85. The number of rotatable bonds is 7. The van der Waals surface area contributed by atoms with Gasteiger partial charge in [0.1, 0.15) is 17.9 Å². The van der Waals surface area contributed by atoms with Gasteiger partial charge < -0.3 is 18.6 Å². The third kappa shape index (κ3) is 5.10. The Hall–Kier alpha value is -2.81. The van der Waals surface area contributed by atoms with E-state index in [0.717, 1.165) is 33.5 Å². The van der Waals surface area contributed by atoms with Gasteiger partial charge >= 0.3 is 0 Å². The summed E-state index contributed by atoms with van der Waals surface area (Å²) in [6, 6.07) is 11.6.